The van der Waals surface area contributed by atoms with E-state index in [0.29, 0.717) is 0 Å². The molecule has 4 nitrogen and oxygen atoms in total. The van der Waals surface area contributed by atoms with E-state index < -0.39 is 23.7 Å². The van der Waals surface area contributed by atoms with Crippen molar-refractivity contribution < 1.29 is 19.1 Å². The number of carboxylic acid groups (broad SMARTS) is 1. The first-order valence-electron chi connectivity index (χ1n) is 6.02. The molecular formula is C14H15ClFNO3. The van der Waals surface area contributed by atoms with Crippen LogP contribution in [0, 0.1) is 5.82 Å². The van der Waals surface area contributed by atoms with Crippen molar-refractivity contribution in [3.8, 4) is 0 Å². The van der Waals surface area contributed by atoms with E-state index >= 15 is 0 Å². The summed E-state index contributed by atoms with van der Waals surface area (Å²) < 4.78 is 13.5. The highest BCUT2D eigenvalue weighted by Crippen LogP contribution is 2.19. The predicted molar refractivity (Wildman–Crippen MR) is 74.1 cm³/mol. The molecule has 0 fully saturated rings. The van der Waals surface area contributed by atoms with E-state index in [9.17, 15) is 14.0 Å². The van der Waals surface area contributed by atoms with E-state index in [1.807, 2.05) is 0 Å². The Morgan fingerprint density at radius 2 is 2.20 bits per heavy atom. The molecule has 1 aromatic carbocycles. The summed E-state index contributed by atoms with van der Waals surface area (Å²) >= 11 is 5.81. The van der Waals surface area contributed by atoms with Crippen molar-refractivity contribution >= 4 is 23.5 Å². The van der Waals surface area contributed by atoms with E-state index in [-0.39, 0.29) is 23.4 Å². The maximum Gasteiger partial charge on any atom is 0.326 e. The van der Waals surface area contributed by atoms with Crippen molar-refractivity contribution in [3.05, 3.63) is 46.8 Å². The number of amides is 1. The van der Waals surface area contributed by atoms with Gasteiger partial charge in [0.2, 0.25) is 5.91 Å². The number of aliphatic carboxylic acids is 1. The van der Waals surface area contributed by atoms with Crippen molar-refractivity contribution in [3.63, 3.8) is 0 Å². The third-order valence-corrected chi connectivity index (χ3v) is 2.99. The first-order chi connectivity index (χ1) is 9.45. The molecule has 0 saturated carbocycles. The number of benzene rings is 1. The zero-order valence-corrected chi connectivity index (χ0v) is 11.7. The molecule has 1 rings (SSSR count). The monoisotopic (exact) mass is 299 g/mol. The number of hydrogen-bond donors (Lipinski definition) is 2. The lowest BCUT2D eigenvalue weighted by molar-refractivity contribution is -0.141. The van der Waals surface area contributed by atoms with Crippen LogP contribution in [0.5, 0.6) is 0 Å². The van der Waals surface area contributed by atoms with Crippen LogP contribution in [0.3, 0.4) is 0 Å². The lowest BCUT2D eigenvalue weighted by atomic mass is 10.1. The fraction of sp³-hybridized carbons (Fsp3) is 0.286. The van der Waals surface area contributed by atoms with Gasteiger partial charge in [0, 0.05) is 10.6 Å². The number of halogens is 2. The van der Waals surface area contributed by atoms with Gasteiger partial charge in [-0.25, -0.2) is 9.18 Å². The average Bonchev–Trinajstić information content (AvgIpc) is 2.38. The zero-order valence-electron chi connectivity index (χ0n) is 10.9. The van der Waals surface area contributed by atoms with E-state index in [0.717, 1.165) is 0 Å². The van der Waals surface area contributed by atoms with Gasteiger partial charge in [0.1, 0.15) is 11.9 Å². The molecule has 1 amide bonds. The lowest BCUT2D eigenvalue weighted by Crippen LogP contribution is -2.41. The first kappa shape index (κ1) is 16.2. The van der Waals surface area contributed by atoms with Gasteiger partial charge >= 0.3 is 5.97 Å². The van der Waals surface area contributed by atoms with Gasteiger partial charge in [0.25, 0.3) is 0 Å². The highest BCUT2D eigenvalue weighted by Gasteiger charge is 2.20. The second kappa shape index (κ2) is 7.65. The maximum absolute atomic E-state index is 13.5. The summed E-state index contributed by atoms with van der Waals surface area (Å²) in [5.74, 6) is -2.32. The number of nitrogens with one attached hydrogen (secondary N) is 1. The van der Waals surface area contributed by atoms with Gasteiger partial charge in [0.05, 0.1) is 6.42 Å². The topological polar surface area (TPSA) is 66.4 Å². The molecule has 0 aliphatic carbocycles. The summed E-state index contributed by atoms with van der Waals surface area (Å²) in [7, 11) is 0. The Bertz CT molecular complexity index is 511. The molecule has 6 heteroatoms. The number of hydrogen-bond acceptors (Lipinski definition) is 2. The normalized spacial score (nSPS) is 12.3. The summed E-state index contributed by atoms with van der Waals surface area (Å²) in [5, 5.41) is 11.5. The largest absolute Gasteiger partial charge is 0.480 e. The molecule has 0 bridgehead atoms. The summed E-state index contributed by atoms with van der Waals surface area (Å²) in [6.07, 6.45) is 3.19. The number of allylic oxidation sites excluding steroid dienone is 1. The fourth-order valence-corrected chi connectivity index (χ4v) is 1.83. The molecule has 108 valence electrons. The highest BCUT2D eigenvalue weighted by atomic mass is 35.5. The smallest absolute Gasteiger partial charge is 0.326 e. The number of rotatable bonds is 6. The molecule has 1 aromatic rings. The second-order valence-electron chi connectivity index (χ2n) is 4.14. The van der Waals surface area contributed by atoms with Crippen molar-refractivity contribution in [2.45, 2.75) is 25.8 Å². The van der Waals surface area contributed by atoms with Gasteiger partial charge in [0.15, 0.2) is 0 Å². The van der Waals surface area contributed by atoms with Crippen LogP contribution in [0.4, 0.5) is 4.39 Å². The molecule has 2 N–H and O–H groups in total. The van der Waals surface area contributed by atoms with Crippen LogP contribution >= 0.6 is 11.6 Å². The Labute approximate surface area is 121 Å². The van der Waals surface area contributed by atoms with Crippen LogP contribution in [0.1, 0.15) is 18.9 Å². The molecule has 1 unspecified atom stereocenters. The number of carbonyl (C=O) groups is 2. The van der Waals surface area contributed by atoms with Gasteiger partial charge in [-0.15, -0.1) is 0 Å². The van der Waals surface area contributed by atoms with Crippen LogP contribution in [-0.2, 0) is 16.0 Å². The van der Waals surface area contributed by atoms with Gasteiger partial charge in [-0.05, 0) is 25.5 Å². The van der Waals surface area contributed by atoms with Crippen molar-refractivity contribution in [1.82, 2.24) is 5.32 Å². The van der Waals surface area contributed by atoms with Crippen LogP contribution in [0.2, 0.25) is 5.02 Å². The standard InChI is InChI=1S/C14H15ClFNO3/c1-2-3-7-12(14(19)20)17-13(18)8-9-10(15)5-4-6-11(9)16/h2-6,12H,7-8H2,1H3,(H,17,18)(H,19,20)/b3-2+. The van der Waals surface area contributed by atoms with Crippen LogP contribution in [0.25, 0.3) is 0 Å². The molecule has 0 radical (unpaired) electrons. The molecule has 0 aliphatic heterocycles. The molecule has 0 aromatic heterocycles. The fourth-order valence-electron chi connectivity index (χ4n) is 1.60. The van der Waals surface area contributed by atoms with E-state index in [4.69, 9.17) is 16.7 Å². The summed E-state index contributed by atoms with van der Waals surface area (Å²) in [6, 6.07) is 3.07. The van der Waals surface area contributed by atoms with Gasteiger partial charge in [-0.3, -0.25) is 4.79 Å². The average molecular weight is 300 g/mol. The van der Waals surface area contributed by atoms with Crippen molar-refractivity contribution in [2.75, 3.05) is 0 Å². The Hall–Kier alpha value is -1.88. The third kappa shape index (κ3) is 4.66. The van der Waals surface area contributed by atoms with Crippen molar-refractivity contribution in [1.29, 1.82) is 0 Å². The summed E-state index contributed by atoms with van der Waals surface area (Å²) in [5.41, 5.74) is 0.0573. The van der Waals surface area contributed by atoms with Crippen molar-refractivity contribution in [2.24, 2.45) is 0 Å². The van der Waals surface area contributed by atoms with Crippen LogP contribution < -0.4 is 5.32 Å². The lowest BCUT2D eigenvalue weighted by Gasteiger charge is -2.13. The van der Waals surface area contributed by atoms with E-state index in [2.05, 4.69) is 5.32 Å². The third-order valence-electron chi connectivity index (χ3n) is 2.64. The van der Waals surface area contributed by atoms with E-state index in [1.165, 1.54) is 18.2 Å². The first-order valence-corrected chi connectivity index (χ1v) is 6.39. The SMILES string of the molecule is C/C=C/CC(NC(=O)Cc1c(F)cccc1Cl)C(=O)O. The molecule has 0 heterocycles. The van der Waals surface area contributed by atoms with Gasteiger partial charge in [-0.1, -0.05) is 29.8 Å². The summed E-state index contributed by atoms with van der Waals surface area (Å²) in [4.78, 5) is 22.7. The van der Waals surface area contributed by atoms with Crippen LogP contribution in [-0.4, -0.2) is 23.0 Å². The Morgan fingerprint density at radius 3 is 2.75 bits per heavy atom. The Morgan fingerprint density at radius 1 is 1.50 bits per heavy atom. The predicted octanol–water partition coefficient (Wildman–Crippen LogP) is 2.56. The molecule has 0 aliphatic rings. The highest BCUT2D eigenvalue weighted by molar-refractivity contribution is 6.31. The number of carboxylic acids is 1. The van der Waals surface area contributed by atoms with E-state index in [1.54, 1.807) is 19.1 Å². The number of carbonyl (C=O) groups excluding carboxylic acids is 1. The molecular weight excluding hydrogens is 285 g/mol. The zero-order chi connectivity index (χ0) is 15.1. The molecule has 0 spiro atoms. The van der Waals surface area contributed by atoms with Gasteiger partial charge in [-0.2, -0.15) is 0 Å². The Kier molecular flexibility index (Phi) is 6.18. The molecule has 1 atom stereocenters. The van der Waals surface area contributed by atoms with Gasteiger partial charge < -0.3 is 10.4 Å². The minimum atomic E-state index is -1.14. The minimum Gasteiger partial charge on any atom is -0.480 e. The maximum atomic E-state index is 13.5. The molecule has 20 heavy (non-hydrogen) atoms. The Balaban J connectivity index is 2.73. The minimum absolute atomic E-state index is 0.0573. The summed E-state index contributed by atoms with van der Waals surface area (Å²) in [6.45, 7) is 1.75. The quantitative estimate of drug-likeness (QED) is 0.793. The van der Waals surface area contributed by atoms with Crippen LogP contribution in [0.15, 0.2) is 30.4 Å². The molecule has 0 saturated heterocycles. The second-order valence-corrected chi connectivity index (χ2v) is 4.55.